The summed E-state index contributed by atoms with van der Waals surface area (Å²) >= 11 is 0. The molecule has 0 radical (unpaired) electrons. The summed E-state index contributed by atoms with van der Waals surface area (Å²) in [5.41, 5.74) is 1.08. The van der Waals surface area contributed by atoms with Gasteiger partial charge in [0.05, 0.1) is 6.04 Å². The Bertz CT molecular complexity index is 840. The summed E-state index contributed by atoms with van der Waals surface area (Å²) in [6, 6.07) is 9.94. The van der Waals surface area contributed by atoms with Crippen LogP contribution in [0.1, 0.15) is 109 Å². The van der Waals surface area contributed by atoms with Gasteiger partial charge in [-0.15, -0.1) is 0 Å². The third-order valence-corrected chi connectivity index (χ3v) is 6.96. The Hall–Kier alpha value is -1.86. The highest BCUT2D eigenvalue weighted by atomic mass is 32.2. The van der Waals surface area contributed by atoms with Gasteiger partial charge in [0.25, 0.3) is 0 Å². The van der Waals surface area contributed by atoms with Gasteiger partial charge in [-0.3, -0.25) is 4.55 Å². The molecule has 1 aliphatic heterocycles. The Labute approximate surface area is 214 Å². The Balaban J connectivity index is 1.53. The Kier molecular flexibility index (Phi) is 14.7. The number of guanidine groups is 1. The third kappa shape index (κ3) is 14.3. The van der Waals surface area contributed by atoms with Crippen LogP contribution in [0.4, 0.5) is 0 Å². The molecule has 0 aliphatic carbocycles. The molecule has 1 atom stereocenters. The number of hydrogen-bond donors (Lipinski definition) is 2. The number of aliphatic imine (C=N–C) groups is 1. The highest BCUT2D eigenvalue weighted by Gasteiger charge is 2.27. The highest BCUT2D eigenvalue weighted by molar-refractivity contribution is 7.84. The topological polar surface area (TPSA) is 82.0 Å². The van der Waals surface area contributed by atoms with Crippen molar-refractivity contribution < 1.29 is 13.0 Å². The summed E-state index contributed by atoms with van der Waals surface area (Å²) < 4.78 is 34.1. The van der Waals surface area contributed by atoms with Crippen LogP contribution >= 0.6 is 0 Å². The molecule has 0 bridgehead atoms. The summed E-state index contributed by atoms with van der Waals surface area (Å²) in [5, 5.41) is 0. The first-order chi connectivity index (χ1) is 17.0. The predicted molar refractivity (Wildman–Crippen MR) is 147 cm³/mol. The fourth-order valence-corrected chi connectivity index (χ4v) is 4.98. The van der Waals surface area contributed by atoms with Gasteiger partial charge in [-0.1, -0.05) is 114 Å². The lowest BCUT2D eigenvalue weighted by atomic mass is 10.0. The fourth-order valence-electron chi connectivity index (χ4n) is 4.57. The molecule has 2 N–H and O–H groups in total. The Morgan fingerprint density at radius 3 is 2.09 bits per heavy atom. The molecular formula is C28H47N3O3S. The maximum atomic E-state index is 11.3. The first-order valence-electron chi connectivity index (χ1n) is 13.7. The van der Waals surface area contributed by atoms with Crippen LogP contribution in [0.2, 0.25) is 0 Å². The summed E-state index contributed by atoms with van der Waals surface area (Å²) in [7, 11) is -4.34. The molecule has 0 fully saturated rings. The lowest BCUT2D eigenvalue weighted by Gasteiger charge is -2.20. The van der Waals surface area contributed by atoms with Gasteiger partial charge in [0.2, 0.25) is 5.96 Å². The summed E-state index contributed by atoms with van der Waals surface area (Å²) in [6.45, 7) is 3.49. The Morgan fingerprint density at radius 2 is 1.49 bits per heavy atom. The zero-order valence-electron chi connectivity index (χ0n) is 21.7. The van der Waals surface area contributed by atoms with Gasteiger partial charge in [0.1, 0.15) is 0 Å². The van der Waals surface area contributed by atoms with E-state index in [2.05, 4.69) is 28.8 Å². The molecular weight excluding hydrogens is 458 g/mol. The van der Waals surface area contributed by atoms with Crippen LogP contribution in [0, 0.1) is 0 Å². The lowest BCUT2D eigenvalue weighted by molar-refractivity contribution is 0.394. The van der Waals surface area contributed by atoms with Crippen LogP contribution in [0.3, 0.4) is 0 Å². The second-order valence-corrected chi connectivity index (χ2v) is 10.9. The van der Waals surface area contributed by atoms with Gasteiger partial charge in [-0.2, -0.15) is 8.42 Å². The van der Waals surface area contributed by atoms with Crippen LogP contribution in [-0.4, -0.2) is 36.4 Å². The highest BCUT2D eigenvalue weighted by Crippen LogP contribution is 2.19. The second-order valence-electron chi connectivity index (χ2n) is 9.78. The summed E-state index contributed by atoms with van der Waals surface area (Å²) in [6.07, 6.45) is 23.7. The maximum Gasteiger partial charge on any atom is 0.359 e. The molecule has 0 aromatic heterocycles. The van der Waals surface area contributed by atoms with Crippen LogP contribution in [0.5, 0.6) is 0 Å². The van der Waals surface area contributed by atoms with E-state index in [9.17, 15) is 13.0 Å². The van der Waals surface area contributed by atoms with Crippen molar-refractivity contribution >= 4 is 16.3 Å². The number of rotatable bonds is 19. The molecule has 0 saturated heterocycles. The standard InChI is InChI=1S/C28H47N3O3S/c1-2-3-4-5-6-7-8-9-10-11-12-13-14-15-16-20-23-27-25-31(24-26-21-18-17-19-22-26)28(29-27)30-35(32,33)34/h9-10,17-19,21-22,27H,2-8,11-16,20,23-25H2,1H3,(H,29,30)(H,32,33,34)/b10-9-. The Morgan fingerprint density at radius 1 is 0.914 bits per heavy atom. The van der Waals surface area contributed by atoms with E-state index in [4.69, 9.17) is 0 Å². The molecule has 1 heterocycles. The van der Waals surface area contributed by atoms with E-state index in [0.29, 0.717) is 13.1 Å². The van der Waals surface area contributed by atoms with Crippen molar-refractivity contribution in [3.63, 3.8) is 0 Å². The number of allylic oxidation sites excluding steroid dienone is 2. The molecule has 2 rings (SSSR count). The first-order valence-corrected chi connectivity index (χ1v) is 15.2. The average Bonchev–Trinajstić information content (AvgIpc) is 3.18. The molecule has 7 heteroatoms. The normalized spacial score (nSPS) is 16.2. The molecule has 0 spiro atoms. The van der Waals surface area contributed by atoms with E-state index in [0.717, 1.165) is 18.4 Å². The summed E-state index contributed by atoms with van der Waals surface area (Å²) in [4.78, 5) is 6.44. The molecule has 1 aliphatic rings. The van der Waals surface area contributed by atoms with Gasteiger partial charge in [-0.25, -0.2) is 9.71 Å². The second kappa shape index (κ2) is 17.6. The van der Waals surface area contributed by atoms with E-state index >= 15 is 0 Å². The van der Waals surface area contributed by atoms with Gasteiger partial charge in [0, 0.05) is 13.1 Å². The monoisotopic (exact) mass is 505 g/mol. The van der Waals surface area contributed by atoms with Crippen molar-refractivity contribution in [2.24, 2.45) is 4.99 Å². The number of nitrogens with one attached hydrogen (secondary N) is 1. The largest absolute Gasteiger partial charge is 0.359 e. The van der Waals surface area contributed by atoms with E-state index < -0.39 is 10.3 Å². The SMILES string of the molecule is CCCCCCCC/C=C\CCCCCCCCC1CN(Cc2ccccc2)C(NS(=O)(=O)O)=N1. The van der Waals surface area contributed by atoms with Crippen molar-refractivity contribution in [2.45, 2.75) is 116 Å². The predicted octanol–water partition coefficient (Wildman–Crippen LogP) is 7.05. The zero-order chi connectivity index (χ0) is 25.2. The van der Waals surface area contributed by atoms with Gasteiger partial charge in [0.15, 0.2) is 0 Å². The van der Waals surface area contributed by atoms with Crippen LogP contribution in [0.25, 0.3) is 0 Å². The minimum atomic E-state index is -4.34. The molecule has 6 nitrogen and oxygen atoms in total. The van der Waals surface area contributed by atoms with E-state index in [1.165, 1.54) is 83.5 Å². The first kappa shape index (κ1) is 29.4. The van der Waals surface area contributed by atoms with Crippen molar-refractivity contribution in [3.05, 3.63) is 48.0 Å². The van der Waals surface area contributed by atoms with Crippen LogP contribution in [-0.2, 0) is 16.8 Å². The van der Waals surface area contributed by atoms with Gasteiger partial charge < -0.3 is 4.90 Å². The molecule has 1 unspecified atom stereocenters. The third-order valence-electron chi connectivity index (χ3n) is 6.52. The quantitative estimate of drug-likeness (QED) is 0.120. The maximum absolute atomic E-state index is 11.3. The van der Waals surface area contributed by atoms with Gasteiger partial charge in [-0.05, 0) is 37.7 Å². The number of hydrogen-bond acceptors (Lipinski definition) is 4. The zero-order valence-corrected chi connectivity index (χ0v) is 22.5. The number of nitrogens with zero attached hydrogens (tertiary/aromatic N) is 2. The molecule has 0 saturated carbocycles. The van der Waals surface area contributed by atoms with E-state index in [1.807, 2.05) is 35.2 Å². The van der Waals surface area contributed by atoms with E-state index in [1.54, 1.807) is 0 Å². The fraction of sp³-hybridized carbons (Fsp3) is 0.679. The summed E-state index contributed by atoms with van der Waals surface area (Å²) in [5.74, 6) is 0.242. The number of unbranched alkanes of at least 4 members (excludes halogenated alkanes) is 12. The van der Waals surface area contributed by atoms with Crippen molar-refractivity contribution in [3.8, 4) is 0 Å². The average molecular weight is 506 g/mol. The molecule has 1 aromatic rings. The number of benzene rings is 1. The molecule has 198 valence electrons. The smallest absolute Gasteiger partial charge is 0.336 e. The molecule has 0 amide bonds. The van der Waals surface area contributed by atoms with Crippen molar-refractivity contribution in [1.29, 1.82) is 0 Å². The minimum absolute atomic E-state index is 0.0553. The van der Waals surface area contributed by atoms with Crippen LogP contribution < -0.4 is 4.72 Å². The minimum Gasteiger partial charge on any atom is -0.336 e. The van der Waals surface area contributed by atoms with Crippen molar-refractivity contribution in [1.82, 2.24) is 9.62 Å². The van der Waals surface area contributed by atoms with Crippen LogP contribution in [0.15, 0.2) is 47.5 Å². The van der Waals surface area contributed by atoms with E-state index in [-0.39, 0.29) is 12.0 Å². The van der Waals surface area contributed by atoms with Crippen molar-refractivity contribution in [2.75, 3.05) is 6.54 Å². The van der Waals surface area contributed by atoms with Gasteiger partial charge >= 0.3 is 10.3 Å². The molecule has 35 heavy (non-hydrogen) atoms. The lowest BCUT2D eigenvalue weighted by Crippen LogP contribution is -2.41. The molecule has 1 aromatic carbocycles.